The molecule has 0 aliphatic carbocycles. The molecule has 0 aromatic heterocycles. The largest absolute Gasteiger partial charge is 0.484 e. The summed E-state index contributed by atoms with van der Waals surface area (Å²) in [7, 11) is 0. The van der Waals surface area contributed by atoms with E-state index >= 15 is 0 Å². The van der Waals surface area contributed by atoms with Gasteiger partial charge in [0.2, 0.25) is 5.91 Å². The van der Waals surface area contributed by atoms with Crippen LogP contribution < -0.4 is 10.1 Å². The lowest BCUT2D eigenvalue weighted by molar-refractivity contribution is -0.141. The summed E-state index contributed by atoms with van der Waals surface area (Å²) in [5.74, 6) is 1.04. The number of hydrogen-bond acceptors (Lipinski definition) is 3. The van der Waals surface area contributed by atoms with Crippen molar-refractivity contribution in [2.45, 2.75) is 47.1 Å². The molecule has 31 heavy (non-hydrogen) atoms. The summed E-state index contributed by atoms with van der Waals surface area (Å²) in [5, 5.41) is 2.87. The summed E-state index contributed by atoms with van der Waals surface area (Å²) in [4.78, 5) is 27.3. The molecule has 1 aliphatic heterocycles. The molecular formula is C26H34N2O3. The highest BCUT2D eigenvalue weighted by Crippen LogP contribution is 2.39. The van der Waals surface area contributed by atoms with Gasteiger partial charge in [0.25, 0.3) is 5.91 Å². The first-order chi connectivity index (χ1) is 14.7. The number of carbonyl (C=O) groups excluding carboxylic acids is 2. The van der Waals surface area contributed by atoms with Crippen LogP contribution in [0.15, 0.2) is 48.5 Å². The number of nitrogens with zero attached hydrogens (tertiary/aromatic N) is 1. The standard InChI is InChI=1S/C26H34N2O3/c1-18(2)16-27-23(29)17-31-21-12-11-19-13-14-28(25(30)26(3,4)5)24(22(19)15-21)20-9-7-6-8-10-20/h6-12,15,18,24H,13-14,16-17H2,1-5H3,(H,27,29). The minimum atomic E-state index is -0.465. The predicted molar refractivity (Wildman–Crippen MR) is 123 cm³/mol. The van der Waals surface area contributed by atoms with Crippen molar-refractivity contribution < 1.29 is 14.3 Å². The minimum Gasteiger partial charge on any atom is -0.484 e. The Bertz CT molecular complexity index is 916. The molecule has 1 N–H and O–H groups in total. The van der Waals surface area contributed by atoms with Crippen molar-refractivity contribution in [1.29, 1.82) is 0 Å². The van der Waals surface area contributed by atoms with E-state index < -0.39 is 5.41 Å². The Morgan fingerprint density at radius 1 is 1.13 bits per heavy atom. The lowest BCUT2D eigenvalue weighted by Gasteiger charge is -2.41. The average molecular weight is 423 g/mol. The summed E-state index contributed by atoms with van der Waals surface area (Å²) in [6.45, 7) is 11.3. The van der Waals surface area contributed by atoms with Crippen molar-refractivity contribution in [3.8, 4) is 5.75 Å². The number of amides is 2. The van der Waals surface area contributed by atoms with Crippen LogP contribution in [0.5, 0.6) is 5.75 Å². The number of ether oxygens (including phenoxy) is 1. The SMILES string of the molecule is CC(C)CNC(=O)COc1ccc2c(c1)C(c1ccccc1)N(C(=O)C(C)(C)C)CC2. The Hall–Kier alpha value is -2.82. The van der Waals surface area contributed by atoms with E-state index in [1.54, 1.807) is 0 Å². The van der Waals surface area contributed by atoms with Gasteiger partial charge in [0, 0.05) is 18.5 Å². The third-order valence-electron chi connectivity index (χ3n) is 5.44. The van der Waals surface area contributed by atoms with Crippen LogP contribution in [0.2, 0.25) is 0 Å². The lowest BCUT2D eigenvalue weighted by Crippen LogP contribution is -2.45. The Morgan fingerprint density at radius 3 is 2.48 bits per heavy atom. The topological polar surface area (TPSA) is 58.6 Å². The quantitative estimate of drug-likeness (QED) is 0.753. The fraction of sp³-hybridized carbons (Fsp3) is 0.462. The van der Waals surface area contributed by atoms with Crippen molar-refractivity contribution in [2.24, 2.45) is 11.3 Å². The van der Waals surface area contributed by atoms with E-state index in [9.17, 15) is 9.59 Å². The molecule has 0 radical (unpaired) electrons. The van der Waals surface area contributed by atoms with Crippen LogP contribution in [0.3, 0.4) is 0 Å². The molecule has 1 aliphatic rings. The average Bonchev–Trinajstić information content (AvgIpc) is 2.74. The second kappa shape index (κ2) is 9.54. The molecule has 2 aromatic rings. The van der Waals surface area contributed by atoms with Gasteiger partial charge < -0.3 is 15.0 Å². The van der Waals surface area contributed by atoms with Gasteiger partial charge in [-0.05, 0) is 41.2 Å². The van der Waals surface area contributed by atoms with Crippen LogP contribution in [-0.2, 0) is 16.0 Å². The molecule has 3 rings (SSSR count). The summed E-state index contributed by atoms with van der Waals surface area (Å²) >= 11 is 0. The summed E-state index contributed by atoms with van der Waals surface area (Å²) < 4.78 is 5.80. The fourth-order valence-corrected chi connectivity index (χ4v) is 3.85. The molecule has 1 atom stereocenters. The number of rotatable bonds is 6. The molecule has 1 heterocycles. The van der Waals surface area contributed by atoms with E-state index in [0.717, 1.165) is 17.5 Å². The molecule has 0 saturated heterocycles. The highest BCUT2D eigenvalue weighted by atomic mass is 16.5. The van der Waals surface area contributed by atoms with Crippen LogP contribution in [-0.4, -0.2) is 36.4 Å². The fourth-order valence-electron chi connectivity index (χ4n) is 3.85. The molecular weight excluding hydrogens is 388 g/mol. The molecule has 2 aromatic carbocycles. The van der Waals surface area contributed by atoms with Crippen LogP contribution in [0.25, 0.3) is 0 Å². The van der Waals surface area contributed by atoms with Crippen LogP contribution in [0.1, 0.15) is 57.4 Å². The Balaban J connectivity index is 1.89. The number of hydrogen-bond donors (Lipinski definition) is 1. The van der Waals surface area contributed by atoms with Crippen molar-refractivity contribution in [2.75, 3.05) is 19.7 Å². The van der Waals surface area contributed by atoms with E-state index in [1.807, 2.05) is 56.0 Å². The first-order valence-corrected chi connectivity index (χ1v) is 11.0. The Morgan fingerprint density at radius 2 is 1.84 bits per heavy atom. The van der Waals surface area contributed by atoms with Crippen molar-refractivity contribution in [3.63, 3.8) is 0 Å². The maximum atomic E-state index is 13.3. The number of nitrogens with one attached hydrogen (secondary N) is 1. The molecule has 5 nitrogen and oxygen atoms in total. The monoisotopic (exact) mass is 422 g/mol. The van der Waals surface area contributed by atoms with Gasteiger partial charge in [0.15, 0.2) is 6.61 Å². The van der Waals surface area contributed by atoms with Gasteiger partial charge in [0.05, 0.1) is 6.04 Å². The predicted octanol–water partition coefficient (Wildman–Crippen LogP) is 4.36. The third-order valence-corrected chi connectivity index (χ3v) is 5.44. The van der Waals surface area contributed by atoms with Crippen LogP contribution >= 0.6 is 0 Å². The molecule has 0 bridgehead atoms. The van der Waals surface area contributed by atoms with Crippen molar-refractivity contribution in [3.05, 3.63) is 65.2 Å². The number of carbonyl (C=O) groups is 2. The number of benzene rings is 2. The second-order valence-corrected chi connectivity index (χ2v) is 9.66. The van der Waals surface area contributed by atoms with E-state index in [1.165, 1.54) is 5.56 Å². The van der Waals surface area contributed by atoms with E-state index in [-0.39, 0.29) is 24.5 Å². The van der Waals surface area contributed by atoms with Crippen molar-refractivity contribution >= 4 is 11.8 Å². The molecule has 166 valence electrons. The van der Waals surface area contributed by atoms with Gasteiger partial charge in [-0.25, -0.2) is 0 Å². The van der Waals surface area contributed by atoms with Gasteiger partial charge >= 0.3 is 0 Å². The third kappa shape index (κ3) is 5.66. The van der Waals surface area contributed by atoms with Crippen LogP contribution in [0, 0.1) is 11.3 Å². The summed E-state index contributed by atoms with van der Waals surface area (Å²) in [5.41, 5.74) is 2.89. The van der Waals surface area contributed by atoms with Crippen molar-refractivity contribution in [1.82, 2.24) is 10.2 Å². The van der Waals surface area contributed by atoms with E-state index in [2.05, 4.69) is 37.4 Å². The summed E-state index contributed by atoms with van der Waals surface area (Å²) in [6, 6.07) is 15.9. The maximum absolute atomic E-state index is 13.3. The highest BCUT2D eigenvalue weighted by molar-refractivity contribution is 5.83. The normalized spacial score (nSPS) is 16.1. The molecule has 2 amide bonds. The Kier molecular flexibility index (Phi) is 7.04. The second-order valence-electron chi connectivity index (χ2n) is 9.66. The van der Waals surface area contributed by atoms with E-state index in [4.69, 9.17) is 4.74 Å². The van der Waals surface area contributed by atoms with Gasteiger partial charge in [-0.1, -0.05) is 71.0 Å². The smallest absolute Gasteiger partial charge is 0.257 e. The van der Waals surface area contributed by atoms with Gasteiger partial charge in [-0.15, -0.1) is 0 Å². The zero-order valence-electron chi connectivity index (χ0n) is 19.3. The highest BCUT2D eigenvalue weighted by Gasteiger charge is 2.37. The maximum Gasteiger partial charge on any atom is 0.257 e. The molecule has 1 unspecified atom stereocenters. The zero-order chi connectivity index (χ0) is 22.6. The first-order valence-electron chi connectivity index (χ1n) is 11.0. The summed E-state index contributed by atoms with van der Waals surface area (Å²) in [6.07, 6.45) is 0.801. The lowest BCUT2D eigenvalue weighted by atomic mass is 9.85. The zero-order valence-corrected chi connectivity index (χ0v) is 19.3. The molecule has 0 spiro atoms. The first kappa shape index (κ1) is 22.9. The van der Waals surface area contributed by atoms with Gasteiger partial charge in [-0.2, -0.15) is 0 Å². The molecule has 0 saturated carbocycles. The molecule has 5 heteroatoms. The number of fused-ring (bicyclic) bond motifs is 1. The van der Waals surface area contributed by atoms with Gasteiger partial charge in [-0.3, -0.25) is 9.59 Å². The van der Waals surface area contributed by atoms with Crippen LogP contribution in [0.4, 0.5) is 0 Å². The minimum absolute atomic E-state index is 0.0217. The van der Waals surface area contributed by atoms with E-state index in [0.29, 0.717) is 24.8 Å². The van der Waals surface area contributed by atoms with Gasteiger partial charge in [0.1, 0.15) is 5.75 Å². The molecule has 0 fully saturated rings. The Labute approximate surface area is 185 Å².